The second kappa shape index (κ2) is 5.44. The molecule has 21 heavy (non-hydrogen) atoms. The van der Waals surface area contributed by atoms with Crippen molar-refractivity contribution in [1.29, 1.82) is 0 Å². The van der Waals surface area contributed by atoms with Gasteiger partial charge in [0.15, 0.2) is 11.5 Å². The molecule has 2 aromatic rings. The highest BCUT2D eigenvalue weighted by Crippen LogP contribution is 2.25. The van der Waals surface area contributed by atoms with E-state index in [4.69, 9.17) is 9.15 Å². The molecule has 0 saturated heterocycles. The minimum Gasteiger partial charge on any atom is -0.497 e. The lowest BCUT2D eigenvalue weighted by atomic mass is 9.97. The van der Waals surface area contributed by atoms with Crippen LogP contribution in [0.5, 0.6) is 5.75 Å². The first-order valence-corrected chi connectivity index (χ1v) is 6.78. The number of furan rings is 1. The van der Waals surface area contributed by atoms with Crippen LogP contribution >= 0.6 is 0 Å². The number of benzene rings is 1. The highest BCUT2D eigenvalue weighted by atomic mass is 16.5. The smallest absolute Gasteiger partial charge is 0.291 e. The van der Waals surface area contributed by atoms with Crippen LogP contribution in [0.2, 0.25) is 0 Å². The number of nitrogens with one attached hydrogen (secondary N) is 1. The number of Topliss-reactive ketones (excluding diaryl/α,β-unsaturated/α-hetero) is 1. The molecule has 5 nitrogen and oxygen atoms in total. The Morgan fingerprint density at radius 2 is 2.14 bits per heavy atom. The fourth-order valence-corrected chi connectivity index (χ4v) is 2.40. The number of hydrogen-bond acceptors (Lipinski definition) is 4. The van der Waals surface area contributed by atoms with Crippen molar-refractivity contribution < 1.29 is 18.7 Å². The van der Waals surface area contributed by atoms with Gasteiger partial charge < -0.3 is 14.5 Å². The number of hydrogen-bond donors (Lipinski definition) is 1. The number of aryl methyl sites for hydroxylation is 1. The van der Waals surface area contributed by atoms with Gasteiger partial charge in [-0.15, -0.1) is 0 Å². The van der Waals surface area contributed by atoms with Crippen molar-refractivity contribution in [2.75, 3.05) is 12.4 Å². The third-order valence-corrected chi connectivity index (χ3v) is 3.47. The summed E-state index contributed by atoms with van der Waals surface area (Å²) < 4.78 is 10.6. The van der Waals surface area contributed by atoms with E-state index in [1.165, 1.54) is 6.07 Å². The zero-order chi connectivity index (χ0) is 14.8. The summed E-state index contributed by atoms with van der Waals surface area (Å²) in [6.07, 6.45) is 1.99. The third-order valence-electron chi connectivity index (χ3n) is 3.47. The van der Waals surface area contributed by atoms with Gasteiger partial charge in [-0.25, -0.2) is 0 Å². The van der Waals surface area contributed by atoms with Gasteiger partial charge in [-0.2, -0.15) is 0 Å². The number of ether oxygens (including phenoxy) is 1. The minimum atomic E-state index is -0.370. The van der Waals surface area contributed by atoms with E-state index < -0.39 is 0 Å². The van der Waals surface area contributed by atoms with Gasteiger partial charge in [-0.3, -0.25) is 9.59 Å². The van der Waals surface area contributed by atoms with Crippen molar-refractivity contribution in [3.63, 3.8) is 0 Å². The number of ketones is 1. The number of carbonyl (C=O) groups excluding carboxylic acids is 2. The topological polar surface area (TPSA) is 68.5 Å². The van der Waals surface area contributed by atoms with Gasteiger partial charge in [0.1, 0.15) is 11.5 Å². The molecule has 0 fully saturated rings. The van der Waals surface area contributed by atoms with Gasteiger partial charge in [0.25, 0.3) is 5.91 Å². The summed E-state index contributed by atoms with van der Waals surface area (Å²) in [7, 11) is 1.56. The molecule has 0 aliphatic heterocycles. The van der Waals surface area contributed by atoms with Crippen LogP contribution in [-0.2, 0) is 6.42 Å². The van der Waals surface area contributed by atoms with Crippen LogP contribution in [0.4, 0.5) is 5.69 Å². The predicted molar refractivity (Wildman–Crippen MR) is 76.9 cm³/mol. The van der Waals surface area contributed by atoms with Crippen LogP contribution in [0, 0.1) is 0 Å². The molecule has 5 heteroatoms. The Bertz CT molecular complexity index is 702. The summed E-state index contributed by atoms with van der Waals surface area (Å²) >= 11 is 0. The van der Waals surface area contributed by atoms with E-state index >= 15 is 0 Å². The lowest BCUT2D eigenvalue weighted by Crippen LogP contribution is -2.11. The van der Waals surface area contributed by atoms with Crippen LogP contribution in [0.3, 0.4) is 0 Å². The molecular weight excluding hydrogens is 270 g/mol. The molecule has 1 aromatic heterocycles. The fourth-order valence-electron chi connectivity index (χ4n) is 2.40. The molecule has 1 amide bonds. The highest BCUT2D eigenvalue weighted by Gasteiger charge is 2.24. The van der Waals surface area contributed by atoms with E-state index in [0.29, 0.717) is 35.6 Å². The van der Waals surface area contributed by atoms with E-state index in [9.17, 15) is 9.59 Å². The molecule has 3 rings (SSSR count). The standard InChI is InChI=1S/C16H15NO4/c1-20-11-5-2-4-10(8-11)17-16(19)15-9-12-13(18)6-3-7-14(12)21-15/h2,4-5,8-9H,3,6-7H2,1H3,(H,17,19). The molecule has 0 unspecified atom stereocenters. The van der Waals surface area contributed by atoms with E-state index in [1.807, 2.05) is 0 Å². The molecule has 0 saturated carbocycles. The Morgan fingerprint density at radius 3 is 2.90 bits per heavy atom. The Morgan fingerprint density at radius 1 is 1.29 bits per heavy atom. The summed E-state index contributed by atoms with van der Waals surface area (Å²) in [6, 6.07) is 8.58. The first-order chi connectivity index (χ1) is 10.2. The van der Waals surface area contributed by atoms with Gasteiger partial charge in [0.05, 0.1) is 12.7 Å². The molecular formula is C16H15NO4. The zero-order valence-electron chi connectivity index (χ0n) is 11.6. The normalized spacial score (nSPS) is 13.7. The molecule has 108 valence electrons. The van der Waals surface area contributed by atoms with Gasteiger partial charge in [-0.1, -0.05) is 6.07 Å². The number of fused-ring (bicyclic) bond motifs is 1. The van der Waals surface area contributed by atoms with Crippen molar-refractivity contribution in [1.82, 2.24) is 0 Å². The second-order valence-electron chi connectivity index (χ2n) is 4.91. The Hall–Kier alpha value is -2.56. The average molecular weight is 285 g/mol. The average Bonchev–Trinajstić information content (AvgIpc) is 2.93. The minimum absolute atomic E-state index is 0.0421. The van der Waals surface area contributed by atoms with Crippen LogP contribution in [0.1, 0.15) is 39.5 Å². The van der Waals surface area contributed by atoms with Crippen molar-refractivity contribution >= 4 is 17.4 Å². The molecule has 0 spiro atoms. The Balaban J connectivity index is 1.81. The maximum absolute atomic E-state index is 12.2. The number of rotatable bonds is 3. The number of anilines is 1. The van der Waals surface area contributed by atoms with Gasteiger partial charge in [0, 0.05) is 30.7 Å². The van der Waals surface area contributed by atoms with E-state index in [0.717, 1.165) is 6.42 Å². The largest absolute Gasteiger partial charge is 0.497 e. The quantitative estimate of drug-likeness (QED) is 0.941. The van der Waals surface area contributed by atoms with Crippen LogP contribution in [0.25, 0.3) is 0 Å². The van der Waals surface area contributed by atoms with Crippen LogP contribution in [-0.4, -0.2) is 18.8 Å². The van der Waals surface area contributed by atoms with Gasteiger partial charge in [0.2, 0.25) is 0 Å². The molecule has 0 bridgehead atoms. The van der Waals surface area contributed by atoms with Crippen LogP contribution < -0.4 is 10.1 Å². The number of carbonyl (C=O) groups is 2. The SMILES string of the molecule is COc1cccc(NC(=O)c2cc3c(o2)CCCC3=O)c1. The Kier molecular flexibility index (Phi) is 3.48. The third kappa shape index (κ3) is 2.67. The first kappa shape index (κ1) is 13.4. The highest BCUT2D eigenvalue weighted by molar-refractivity contribution is 6.05. The van der Waals surface area contributed by atoms with E-state index in [1.54, 1.807) is 31.4 Å². The summed E-state index contributed by atoms with van der Waals surface area (Å²) in [5, 5.41) is 2.73. The molecule has 1 heterocycles. The summed E-state index contributed by atoms with van der Waals surface area (Å²) in [4.78, 5) is 23.9. The number of amides is 1. The molecule has 0 atom stereocenters. The molecule has 0 radical (unpaired) electrons. The van der Waals surface area contributed by atoms with Crippen molar-refractivity contribution in [2.24, 2.45) is 0 Å². The van der Waals surface area contributed by atoms with Gasteiger partial charge in [-0.05, 0) is 18.6 Å². The first-order valence-electron chi connectivity index (χ1n) is 6.78. The summed E-state index contributed by atoms with van der Waals surface area (Å²) in [6.45, 7) is 0. The van der Waals surface area contributed by atoms with Crippen molar-refractivity contribution in [3.05, 3.63) is 47.4 Å². The molecule has 1 aliphatic rings. The Labute approximate surface area is 121 Å². The monoisotopic (exact) mass is 285 g/mol. The maximum Gasteiger partial charge on any atom is 0.291 e. The van der Waals surface area contributed by atoms with Crippen molar-refractivity contribution in [2.45, 2.75) is 19.3 Å². The second-order valence-corrected chi connectivity index (χ2v) is 4.91. The fraction of sp³-hybridized carbons (Fsp3) is 0.250. The maximum atomic E-state index is 12.2. The molecule has 1 N–H and O–H groups in total. The predicted octanol–water partition coefficient (Wildman–Crippen LogP) is 3.06. The zero-order valence-corrected chi connectivity index (χ0v) is 11.6. The van der Waals surface area contributed by atoms with E-state index in [-0.39, 0.29) is 17.5 Å². The summed E-state index contributed by atoms with van der Waals surface area (Å²) in [5.41, 5.74) is 1.15. The number of methoxy groups -OCH3 is 1. The lowest BCUT2D eigenvalue weighted by Gasteiger charge is -2.06. The molecule has 1 aromatic carbocycles. The lowest BCUT2D eigenvalue weighted by molar-refractivity contribution is 0.0963. The summed E-state index contributed by atoms with van der Waals surface area (Å²) in [5.74, 6) is 1.10. The van der Waals surface area contributed by atoms with Crippen molar-refractivity contribution in [3.8, 4) is 5.75 Å². The van der Waals surface area contributed by atoms with Gasteiger partial charge >= 0.3 is 0 Å². The van der Waals surface area contributed by atoms with E-state index in [2.05, 4.69) is 5.32 Å². The molecule has 1 aliphatic carbocycles. The van der Waals surface area contributed by atoms with Crippen LogP contribution in [0.15, 0.2) is 34.7 Å².